The van der Waals surface area contributed by atoms with Crippen molar-refractivity contribution in [2.45, 2.75) is 24.6 Å². The first kappa shape index (κ1) is 20.7. The maximum atomic E-state index is 13.4. The zero-order valence-electron chi connectivity index (χ0n) is 15.3. The van der Waals surface area contributed by atoms with Gasteiger partial charge in [-0.05, 0) is 42.8 Å². The first-order valence-corrected chi connectivity index (χ1v) is 10.6. The number of fused-ring (bicyclic) bond motifs is 1. The number of para-hydroxylation sites is 1. The van der Waals surface area contributed by atoms with Crippen LogP contribution in [0.5, 0.6) is 0 Å². The molecule has 0 amide bonds. The Morgan fingerprint density at radius 3 is 2.57 bits per heavy atom. The Bertz CT molecular complexity index is 920. The van der Waals surface area contributed by atoms with E-state index in [0.717, 1.165) is 11.6 Å². The molecule has 0 spiro atoms. The van der Waals surface area contributed by atoms with Gasteiger partial charge in [-0.3, -0.25) is 4.72 Å². The molecule has 1 aliphatic rings. The van der Waals surface area contributed by atoms with Crippen LogP contribution in [0.25, 0.3) is 0 Å². The molecule has 0 saturated carbocycles. The molecule has 1 heterocycles. The topological polar surface area (TPSA) is 90.5 Å². The number of anilines is 1. The molecule has 0 bridgehead atoms. The second-order valence-corrected chi connectivity index (χ2v) is 8.64. The maximum Gasteiger partial charge on any atom is 0.234 e. The third-order valence-corrected chi connectivity index (χ3v) is 6.08. The highest BCUT2D eigenvalue weighted by atomic mass is 32.2. The summed E-state index contributed by atoms with van der Waals surface area (Å²) in [6, 6.07) is 9.38. The van der Waals surface area contributed by atoms with Gasteiger partial charge in [0, 0.05) is 18.7 Å². The summed E-state index contributed by atoms with van der Waals surface area (Å²) in [6.07, 6.45) is -0.684. The van der Waals surface area contributed by atoms with Crippen molar-refractivity contribution < 1.29 is 22.3 Å². The van der Waals surface area contributed by atoms with Crippen LogP contribution in [0.3, 0.4) is 0 Å². The number of aliphatic hydroxyl groups is 1. The van der Waals surface area contributed by atoms with Crippen LogP contribution in [0, 0.1) is 11.6 Å². The van der Waals surface area contributed by atoms with E-state index in [1.54, 1.807) is 19.2 Å². The van der Waals surface area contributed by atoms with Crippen LogP contribution in [0.4, 0.5) is 14.5 Å². The first-order valence-electron chi connectivity index (χ1n) is 8.90. The summed E-state index contributed by atoms with van der Waals surface area (Å²) in [5, 5.41) is 16.6. The molecule has 2 aromatic rings. The standard InChI is InChI=1S/C19H23F2N3O3S/c1-22-17(8-12-6-13(20)9-14(21)7-12)19(25)10-23-18-11-28(26,27)24-16-5-3-2-4-15(16)18/h2-7,9,17-19,22-25H,8,10-11H2,1H3/t17-,18?,19+/m0/s1. The zero-order chi connectivity index (χ0) is 20.3. The van der Waals surface area contributed by atoms with E-state index in [0.29, 0.717) is 11.3 Å². The van der Waals surface area contributed by atoms with Crippen LogP contribution in [0.15, 0.2) is 42.5 Å². The highest BCUT2D eigenvalue weighted by Gasteiger charge is 2.29. The van der Waals surface area contributed by atoms with Crippen molar-refractivity contribution in [3.05, 3.63) is 65.2 Å². The van der Waals surface area contributed by atoms with Gasteiger partial charge in [0.2, 0.25) is 10.0 Å². The number of hydrogen-bond donors (Lipinski definition) is 4. The molecule has 0 aromatic heterocycles. The lowest BCUT2D eigenvalue weighted by atomic mass is 10.00. The minimum Gasteiger partial charge on any atom is -0.390 e. The molecule has 1 unspecified atom stereocenters. The molecule has 28 heavy (non-hydrogen) atoms. The van der Waals surface area contributed by atoms with E-state index in [9.17, 15) is 22.3 Å². The predicted octanol–water partition coefficient (Wildman–Crippen LogP) is 1.54. The highest BCUT2D eigenvalue weighted by molar-refractivity contribution is 7.92. The lowest BCUT2D eigenvalue weighted by molar-refractivity contribution is 0.125. The number of nitrogens with one attached hydrogen (secondary N) is 3. The Labute approximate surface area is 163 Å². The molecular formula is C19H23F2N3O3S. The smallest absolute Gasteiger partial charge is 0.234 e. The average Bonchev–Trinajstić information content (AvgIpc) is 2.62. The predicted molar refractivity (Wildman–Crippen MR) is 104 cm³/mol. The van der Waals surface area contributed by atoms with Gasteiger partial charge in [0.25, 0.3) is 0 Å². The van der Waals surface area contributed by atoms with Gasteiger partial charge < -0.3 is 15.7 Å². The van der Waals surface area contributed by atoms with Gasteiger partial charge in [-0.2, -0.15) is 0 Å². The third-order valence-electron chi connectivity index (χ3n) is 4.77. The number of likely N-dealkylation sites (N-methyl/N-ethyl adjacent to an activating group) is 1. The van der Waals surface area contributed by atoms with E-state index < -0.39 is 39.8 Å². The van der Waals surface area contributed by atoms with Crippen LogP contribution >= 0.6 is 0 Å². The molecule has 152 valence electrons. The van der Waals surface area contributed by atoms with Gasteiger partial charge in [0.15, 0.2) is 0 Å². The SMILES string of the molecule is CN[C@@H](Cc1cc(F)cc(F)c1)[C@H](O)CNC1CS(=O)(=O)Nc2ccccc21. The third kappa shape index (κ3) is 5.05. The van der Waals surface area contributed by atoms with Crippen molar-refractivity contribution in [2.24, 2.45) is 0 Å². The average molecular weight is 411 g/mol. The van der Waals surface area contributed by atoms with E-state index in [2.05, 4.69) is 15.4 Å². The number of hydrogen-bond acceptors (Lipinski definition) is 5. The molecule has 0 fully saturated rings. The quantitative estimate of drug-likeness (QED) is 0.555. The minimum atomic E-state index is -3.47. The van der Waals surface area contributed by atoms with Gasteiger partial charge in [-0.15, -0.1) is 0 Å². The second-order valence-electron chi connectivity index (χ2n) is 6.88. The Balaban J connectivity index is 1.67. The maximum absolute atomic E-state index is 13.4. The van der Waals surface area contributed by atoms with Gasteiger partial charge in [-0.1, -0.05) is 18.2 Å². The lowest BCUT2D eigenvalue weighted by Crippen LogP contribution is -2.47. The Morgan fingerprint density at radius 2 is 1.89 bits per heavy atom. The van der Waals surface area contributed by atoms with Crippen molar-refractivity contribution in [2.75, 3.05) is 24.1 Å². The fraction of sp³-hybridized carbons (Fsp3) is 0.368. The summed E-state index contributed by atoms with van der Waals surface area (Å²) in [5.41, 5.74) is 1.74. The van der Waals surface area contributed by atoms with E-state index in [-0.39, 0.29) is 18.7 Å². The summed E-state index contributed by atoms with van der Waals surface area (Å²) < 4.78 is 53.4. The van der Waals surface area contributed by atoms with Crippen LogP contribution in [-0.4, -0.2) is 45.0 Å². The number of rotatable bonds is 7. The van der Waals surface area contributed by atoms with Crippen molar-refractivity contribution in [1.82, 2.24) is 10.6 Å². The van der Waals surface area contributed by atoms with Gasteiger partial charge in [0.05, 0.1) is 23.6 Å². The van der Waals surface area contributed by atoms with E-state index in [1.165, 1.54) is 12.1 Å². The zero-order valence-corrected chi connectivity index (χ0v) is 16.1. The Morgan fingerprint density at radius 1 is 1.21 bits per heavy atom. The number of aliphatic hydroxyl groups excluding tert-OH is 1. The summed E-state index contributed by atoms with van der Waals surface area (Å²) in [4.78, 5) is 0. The van der Waals surface area contributed by atoms with Crippen molar-refractivity contribution in [3.63, 3.8) is 0 Å². The molecule has 3 rings (SSSR count). The van der Waals surface area contributed by atoms with E-state index >= 15 is 0 Å². The summed E-state index contributed by atoms with van der Waals surface area (Å²) in [5.74, 6) is -1.49. The molecule has 6 nitrogen and oxygen atoms in total. The molecule has 0 aliphatic carbocycles. The van der Waals surface area contributed by atoms with Crippen LogP contribution in [0.2, 0.25) is 0 Å². The van der Waals surface area contributed by atoms with Gasteiger partial charge in [0.1, 0.15) is 11.6 Å². The molecule has 9 heteroatoms. The number of halogens is 2. The molecule has 4 N–H and O–H groups in total. The molecule has 1 aliphatic heterocycles. The van der Waals surface area contributed by atoms with Gasteiger partial charge >= 0.3 is 0 Å². The van der Waals surface area contributed by atoms with Crippen molar-refractivity contribution in [1.29, 1.82) is 0 Å². The first-order chi connectivity index (χ1) is 13.3. The fourth-order valence-corrected chi connectivity index (χ4v) is 4.74. The molecule has 3 atom stereocenters. The lowest BCUT2D eigenvalue weighted by Gasteiger charge is -2.30. The molecule has 0 radical (unpaired) electrons. The molecule has 0 saturated heterocycles. The second kappa shape index (κ2) is 8.52. The van der Waals surface area contributed by atoms with Crippen LogP contribution < -0.4 is 15.4 Å². The van der Waals surface area contributed by atoms with Crippen molar-refractivity contribution >= 4 is 15.7 Å². The minimum absolute atomic E-state index is 0.109. The Hall–Kier alpha value is -2.07. The van der Waals surface area contributed by atoms with Crippen LogP contribution in [0.1, 0.15) is 17.2 Å². The summed E-state index contributed by atoms with van der Waals surface area (Å²) in [7, 11) is -1.82. The molecular weight excluding hydrogens is 388 g/mol. The van der Waals surface area contributed by atoms with E-state index in [4.69, 9.17) is 0 Å². The fourth-order valence-electron chi connectivity index (χ4n) is 3.40. The summed E-state index contributed by atoms with van der Waals surface area (Å²) in [6.45, 7) is 0.109. The van der Waals surface area contributed by atoms with Gasteiger partial charge in [-0.25, -0.2) is 17.2 Å². The summed E-state index contributed by atoms with van der Waals surface area (Å²) >= 11 is 0. The largest absolute Gasteiger partial charge is 0.390 e. The normalized spacial score (nSPS) is 20.1. The number of sulfonamides is 1. The highest BCUT2D eigenvalue weighted by Crippen LogP contribution is 2.29. The molecule has 2 aromatic carbocycles. The Kier molecular flexibility index (Phi) is 6.29. The monoisotopic (exact) mass is 411 g/mol. The van der Waals surface area contributed by atoms with Crippen molar-refractivity contribution in [3.8, 4) is 0 Å². The van der Waals surface area contributed by atoms with E-state index in [1.807, 2.05) is 12.1 Å². The van der Waals surface area contributed by atoms with Crippen LogP contribution in [-0.2, 0) is 16.4 Å². The number of benzene rings is 2.